The molecular weight excluding hydrogens is 972 g/mol. The van der Waals surface area contributed by atoms with E-state index in [2.05, 4.69) is 54.3 Å². The molecule has 1 unspecified atom stereocenters. The van der Waals surface area contributed by atoms with Crippen molar-refractivity contribution >= 4 is 51.2 Å². The normalized spacial score (nSPS) is 20.0. The fraction of sp³-hybridized carbons (Fsp3) is 0.448. The van der Waals surface area contributed by atoms with Crippen LogP contribution in [0.3, 0.4) is 0 Å². The molecule has 4 aliphatic rings. The Morgan fingerprint density at radius 2 is 1.41 bits per heavy atom. The number of aliphatic hydroxyl groups excluding tert-OH is 2. The lowest BCUT2D eigenvalue weighted by Gasteiger charge is -2.37. The Hall–Kier alpha value is -6.24. The van der Waals surface area contributed by atoms with E-state index in [0.717, 1.165) is 74.9 Å². The molecule has 75 heavy (non-hydrogen) atoms. The van der Waals surface area contributed by atoms with Gasteiger partial charge in [-0.15, -0.1) is 11.8 Å². The molecule has 2 aromatic heterocycles. The highest BCUT2D eigenvalue weighted by Gasteiger charge is 2.35. The first-order valence-corrected chi connectivity index (χ1v) is 27.4. The summed E-state index contributed by atoms with van der Waals surface area (Å²) in [5, 5.41) is 30.0. The van der Waals surface area contributed by atoms with Crippen molar-refractivity contribution in [2.24, 2.45) is 5.92 Å². The summed E-state index contributed by atoms with van der Waals surface area (Å²) in [7, 11) is 7.00. The number of carbonyl (C=O) groups is 2. The van der Waals surface area contributed by atoms with E-state index in [4.69, 9.17) is 14.2 Å². The summed E-state index contributed by atoms with van der Waals surface area (Å²) in [6.07, 6.45) is 7.35. The number of likely N-dealkylation sites (N-methyl/N-ethyl adjacent to an activating group) is 1. The van der Waals surface area contributed by atoms with Gasteiger partial charge in [0.15, 0.2) is 0 Å². The van der Waals surface area contributed by atoms with Gasteiger partial charge in [0, 0.05) is 124 Å². The second-order valence-corrected chi connectivity index (χ2v) is 21.6. The number of fused-ring (bicyclic) bond motifs is 6. The van der Waals surface area contributed by atoms with Crippen LogP contribution in [0.15, 0.2) is 90.5 Å². The number of benzene rings is 4. The van der Waals surface area contributed by atoms with Crippen LogP contribution < -0.4 is 19.5 Å². The molecule has 4 aromatic carbocycles. The summed E-state index contributed by atoms with van der Waals surface area (Å²) in [5.74, 6) is 2.32. The quantitative estimate of drug-likeness (QED) is 0.0830. The number of methoxy groups -OCH3 is 3. The highest BCUT2D eigenvalue weighted by molar-refractivity contribution is 8.02. The van der Waals surface area contributed by atoms with E-state index in [9.17, 15) is 19.8 Å². The van der Waals surface area contributed by atoms with Gasteiger partial charge in [0.1, 0.15) is 23.1 Å². The monoisotopic (exact) mass is 1040 g/mol. The second kappa shape index (κ2) is 23.3. The van der Waals surface area contributed by atoms with Crippen molar-refractivity contribution in [1.29, 1.82) is 0 Å². The van der Waals surface area contributed by atoms with E-state index in [1.54, 1.807) is 38.0 Å². The third kappa shape index (κ3) is 11.6. The highest BCUT2D eigenvalue weighted by atomic mass is 32.2. The molecule has 0 radical (unpaired) electrons. The number of nitrogens with one attached hydrogen (secondary N) is 2. The number of hydrogen-bond donors (Lipinski definition) is 4. The Bertz CT molecular complexity index is 3010. The molecule has 1 saturated carbocycles. The van der Waals surface area contributed by atoms with Crippen LogP contribution in [0.1, 0.15) is 77.8 Å². The van der Waals surface area contributed by atoms with Crippen molar-refractivity contribution < 1.29 is 38.4 Å². The van der Waals surface area contributed by atoms with Crippen LogP contribution in [0.2, 0.25) is 0 Å². The number of halogens is 1. The maximum Gasteiger partial charge on any atom is 0.321 e. The molecule has 3 aliphatic heterocycles. The zero-order chi connectivity index (χ0) is 52.2. The number of nitrogens with zero attached hydrogens (tertiary/aromatic N) is 6. The Labute approximate surface area is 443 Å². The molecule has 0 saturated heterocycles. The van der Waals surface area contributed by atoms with Gasteiger partial charge in [-0.3, -0.25) is 14.6 Å². The Morgan fingerprint density at radius 1 is 0.733 bits per heavy atom. The maximum absolute atomic E-state index is 16.2. The maximum atomic E-state index is 16.2. The Morgan fingerprint density at radius 3 is 2.12 bits per heavy atom. The number of aromatic nitrogens is 2. The number of H-pyrrole nitrogens is 1. The third-order valence-corrected chi connectivity index (χ3v) is 16.8. The van der Waals surface area contributed by atoms with Crippen LogP contribution in [-0.2, 0) is 30.7 Å². The van der Waals surface area contributed by atoms with E-state index in [1.165, 1.54) is 12.1 Å². The second-order valence-electron chi connectivity index (χ2n) is 20.5. The average Bonchev–Trinajstić information content (AvgIpc) is 3.92. The summed E-state index contributed by atoms with van der Waals surface area (Å²) < 4.78 is 35.2. The van der Waals surface area contributed by atoms with Crippen LogP contribution in [0.4, 0.5) is 14.9 Å². The molecule has 10 rings (SSSR count). The zero-order valence-corrected chi connectivity index (χ0v) is 44.4. The van der Waals surface area contributed by atoms with E-state index >= 15 is 4.39 Å². The van der Waals surface area contributed by atoms with Gasteiger partial charge in [0.2, 0.25) is 5.91 Å². The first-order chi connectivity index (χ1) is 36.5. The van der Waals surface area contributed by atoms with Crippen LogP contribution in [0.25, 0.3) is 21.8 Å². The van der Waals surface area contributed by atoms with Gasteiger partial charge in [-0.05, 0) is 127 Å². The van der Waals surface area contributed by atoms with Crippen molar-refractivity contribution in [2.45, 2.75) is 75.5 Å². The SMILES string of the molecule is COc1ccc(CN2CCCN(C(=O)Nc3cc(F)cc(Cn4c5c(c6ccc(OC)cc64)CCN(C(=O)CC4CC4)CCCN(CC4SC=CN4C)[C@@H]5CO)c3)CCc3c([nH]c4cc(OC)ccc34)[C@@H]2CO)cc1. The smallest absolute Gasteiger partial charge is 0.321 e. The predicted octanol–water partition coefficient (Wildman–Crippen LogP) is 8.74. The number of aromatic amines is 1. The van der Waals surface area contributed by atoms with Gasteiger partial charge in [0.05, 0.1) is 57.5 Å². The van der Waals surface area contributed by atoms with Crippen molar-refractivity contribution in [3.63, 3.8) is 0 Å². The molecule has 4 N–H and O–H groups in total. The van der Waals surface area contributed by atoms with Crippen LogP contribution in [-0.4, -0.2) is 149 Å². The number of carbonyl (C=O) groups excluding carboxylic acids is 2. The minimum absolute atomic E-state index is 0.109. The van der Waals surface area contributed by atoms with E-state index in [1.807, 2.05) is 65.6 Å². The van der Waals surface area contributed by atoms with Gasteiger partial charge in [-0.1, -0.05) is 12.1 Å². The minimum Gasteiger partial charge on any atom is -0.497 e. The number of ether oxygens (including phenoxy) is 3. The van der Waals surface area contributed by atoms with Gasteiger partial charge in [-0.2, -0.15) is 0 Å². The number of urea groups is 1. The molecule has 17 heteroatoms. The molecule has 0 bridgehead atoms. The van der Waals surface area contributed by atoms with Crippen LogP contribution >= 0.6 is 11.8 Å². The number of rotatable bonds is 14. The lowest BCUT2D eigenvalue weighted by Crippen LogP contribution is -2.43. The third-order valence-electron chi connectivity index (χ3n) is 15.7. The summed E-state index contributed by atoms with van der Waals surface area (Å²) in [5.41, 5.74) is 7.67. The van der Waals surface area contributed by atoms with Gasteiger partial charge in [-0.25, -0.2) is 9.18 Å². The number of amides is 3. The summed E-state index contributed by atoms with van der Waals surface area (Å²) in [6, 6.07) is 23.5. The number of anilines is 1. The van der Waals surface area contributed by atoms with Crippen molar-refractivity contribution in [2.75, 3.05) is 92.7 Å². The Kier molecular flexibility index (Phi) is 16.2. The summed E-state index contributed by atoms with van der Waals surface area (Å²) >= 11 is 1.75. The Balaban J connectivity index is 0.966. The van der Waals surface area contributed by atoms with E-state index < -0.39 is 11.9 Å². The van der Waals surface area contributed by atoms with Gasteiger partial charge >= 0.3 is 6.03 Å². The number of aliphatic hydroxyl groups is 2. The van der Waals surface area contributed by atoms with Gasteiger partial charge < -0.3 is 54.0 Å². The van der Waals surface area contributed by atoms with Crippen LogP contribution in [0, 0.1) is 11.7 Å². The standard InChI is InChI=1S/C58H71FN8O7S/c1-62-25-26-75-55(62)35-66-22-5-19-63(54(70)29-38-7-8-38)23-18-49-47-16-14-45(74-4)32-51(47)67(57(49)53(66)37-69)34-40-27-41(59)30-42(28-40)60-58(71)64-20-6-21-65(33-39-9-11-43(72-2)12-10-39)52(36-68)56-48(17-24-64)46-15-13-44(73-3)31-50(46)61-56/h9-16,25-28,30-32,38,52-53,55,61,68-69H,5-8,17-24,29,33-37H2,1-4H3,(H,60,71)/t52-,53+,55?/m0/s1. The summed E-state index contributed by atoms with van der Waals surface area (Å²) in [4.78, 5) is 42.7. The topological polar surface area (TPSA) is 151 Å². The fourth-order valence-corrected chi connectivity index (χ4v) is 12.5. The van der Waals surface area contributed by atoms with Crippen LogP contribution in [0.5, 0.6) is 17.2 Å². The van der Waals surface area contributed by atoms with E-state index in [-0.39, 0.29) is 43.1 Å². The first kappa shape index (κ1) is 52.2. The van der Waals surface area contributed by atoms with Crippen molar-refractivity contribution in [1.82, 2.24) is 34.1 Å². The highest BCUT2D eigenvalue weighted by Crippen LogP contribution is 2.40. The van der Waals surface area contributed by atoms with Gasteiger partial charge in [0.25, 0.3) is 0 Å². The lowest BCUT2D eigenvalue weighted by atomic mass is 10.0. The minimum atomic E-state index is -0.490. The molecule has 398 valence electrons. The molecule has 3 atom stereocenters. The summed E-state index contributed by atoms with van der Waals surface area (Å²) in [6.45, 7) is 4.47. The predicted molar refractivity (Wildman–Crippen MR) is 293 cm³/mol. The molecule has 1 fully saturated rings. The zero-order valence-electron chi connectivity index (χ0n) is 43.6. The largest absolute Gasteiger partial charge is 0.497 e. The molecule has 6 aromatic rings. The molecule has 15 nitrogen and oxygen atoms in total. The van der Waals surface area contributed by atoms with Crippen molar-refractivity contribution in [3.8, 4) is 17.2 Å². The molecule has 1 aliphatic carbocycles. The average molecular weight is 1040 g/mol. The molecular formula is C58H71FN8O7S. The van der Waals surface area contributed by atoms with E-state index in [0.29, 0.717) is 107 Å². The fourth-order valence-electron chi connectivity index (χ4n) is 11.5. The number of hydrogen-bond acceptors (Lipinski definition) is 11. The first-order valence-electron chi connectivity index (χ1n) is 26.4. The molecule has 3 amide bonds. The number of thioether (sulfide) groups is 1. The van der Waals surface area contributed by atoms with Crippen molar-refractivity contribution in [3.05, 3.63) is 130 Å². The molecule has 0 spiro atoms. The lowest BCUT2D eigenvalue weighted by molar-refractivity contribution is -0.131. The molecule has 5 heterocycles.